The number of nitrogens with one attached hydrogen (secondary N) is 1. The molecule has 1 amide bonds. The Balaban J connectivity index is 1.63. The maximum atomic E-state index is 12.5. The van der Waals surface area contributed by atoms with Crippen molar-refractivity contribution in [3.63, 3.8) is 0 Å². The van der Waals surface area contributed by atoms with Gasteiger partial charge >= 0.3 is 0 Å². The van der Waals surface area contributed by atoms with Crippen LogP contribution in [0.5, 0.6) is 0 Å². The topological polar surface area (TPSA) is 29.1 Å². The lowest BCUT2D eigenvalue weighted by atomic mass is 9.95. The number of halogens is 1. The average molecular weight is 344 g/mol. The minimum atomic E-state index is -0.287. The number of amides is 1. The van der Waals surface area contributed by atoms with E-state index in [1.165, 1.54) is 5.56 Å². The second-order valence-corrected chi connectivity index (χ2v) is 6.64. The molecule has 0 spiro atoms. The molecule has 3 heteroatoms. The van der Waals surface area contributed by atoms with Crippen LogP contribution in [0, 0.1) is 0 Å². The molecule has 1 fully saturated rings. The molecule has 0 aliphatic heterocycles. The molecule has 2 nitrogen and oxygen atoms in total. The van der Waals surface area contributed by atoms with Crippen molar-refractivity contribution >= 4 is 21.8 Å². The van der Waals surface area contributed by atoms with Crippen LogP contribution in [-0.4, -0.2) is 12.5 Å². The first-order chi connectivity index (χ1) is 10.2. The Morgan fingerprint density at radius 2 is 1.62 bits per heavy atom. The Morgan fingerprint density at radius 3 is 2.19 bits per heavy atom. The molecule has 0 aromatic heterocycles. The minimum Gasteiger partial charge on any atom is -0.354 e. The van der Waals surface area contributed by atoms with E-state index in [1.54, 1.807) is 0 Å². The minimum absolute atomic E-state index is 0.147. The fraction of sp³-hybridized carbons (Fsp3) is 0.278. The Hall–Kier alpha value is -1.61. The molecule has 21 heavy (non-hydrogen) atoms. The molecule has 2 aromatic rings. The molecule has 0 radical (unpaired) electrons. The van der Waals surface area contributed by atoms with Gasteiger partial charge in [-0.15, -0.1) is 0 Å². The monoisotopic (exact) mass is 343 g/mol. The lowest BCUT2D eigenvalue weighted by Gasteiger charge is -2.18. The highest BCUT2D eigenvalue weighted by molar-refractivity contribution is 9.09. The van der Waals surface area contributed by atoms with Gasteiger partial charge in [-0.05, 0) is 24.0 Å². The zero-order valence-electron chi connectivity index (χ0n) is 11.8. The zero-order valence-corrected chi connectivity index (χ0v) is 13.3. The largest absolute Gasteiger partial charge is 0.354 e. The number of alkyl halides is 1. The number of benzene rings is 2. The van der Waals surface area contributed by atoms with Crippen LogP contribution in [0.3, 0.4) is 0 Å². The molecule has 0 heterocycles. The summed E-state index contributed by atoms with van der Waals surface area (Å²) in [7, 11) is 0. The molecule has 1 unspecified atom stereocenters. The standard InChI is InChI=1S/C18H18BrNO/c19-16(14-7-3-1-4-8-14)13-20-17(21)18(11-12-18)15-9-5-2-6-10-15/h1-10,16H,11-13H2,(H,20,21). The third kappa shape index (κ3) is 3.03. The molecule has 1 N–H and O–H groups in total. The van der Waals surface area contributed by atoms with Crippen LogP contribution in [0.15, 0.2) is 60.7 Å². The molecular formula is C18H18BrNO. The average Bonchev–Trinajstić information content (AvgIpc) is 3.36. The third-order valence-corrected chi connectivity index (χ3v) is 4.97. The first kappa shape index (κ1) is 14.3. The van der Waals surface area contributed by atoms with Gasteiger partial charge in [-0.2, -0.15) is 0 Å². The van der Waals surface area contributed by atoms with Gasteiger partial charge < -0.3 is 5.32 Å². The molecule has 108 valence electrons. The van der Waals surface area contributed by atoms with E-state index in [9.17, 15) is 4.79 Å². The van der Waals surface area contributed by atoms with Crippen molar-refractivity contribution in [2.24, 2.45) is 0 Å². The van der Waals surface area contributed by atoms with Crippen molar-refractivity contribution in [1.29, 1.82) is 0 Å². The van der Waals surface area contributed by atoms with E-state index in [1.807, 2.05) is 36.4 Å². The summed E-state index contributed by atoms with van der Waals surface area (Å²) in [6.07, 6.45) is 1.89. The van der Waals surface area contributed by atoms with Crippen LogP contribution in [0.1, 0.15) is 28.8 Å². The van der Waals surface area contributed by atoms with Crippen LogP contribution in [-0.2, 0) is 10.2 Å². The first-order valence-corrected chi connectivity index (χ1v) is 8.17. The molecule has 1 saturated carbocycles. The highest BCUT2D eigenvalue weighted by atomic mass is 79.9. The maximum absolute atomic E-state index is 12.5. The summed E-state index contributed by atoms with van der Waals surface area (Å²) in [4.78, 5) is 12.7. The fourth-order valence-corrected chi connectivity index (χ4v) is 3.13. The van der Waals surface area contributed by atoms with Crippen LogP contribution >= 0.6 is 15.9 Å². The predicted octanol–water partition coefficient (Wildman–Crippen LogP) is 3.97. The smallest absolute Gasteiger partial charge is 0.230 e. The van der Waals surface area contributed by atoms with E-state index in [4.69, 9.17) is 0 Å². The third-order valence-electron chi connectivity index (χ3n) is 4.11. The van der Waals surface area contributed by atoms with Gasteiger partial charge in [0.1, 0.15) is 0 Å². The van der Waals surface area contributed by atoms with E-state index in [0.717, 1.165) is 18.4 Å². The molecule has 1 atom stereocenters. The lowest BCUT2D eigenvalue weighted by Crippen LogP contribution is -2.36. The molecule has 0 bridgehead atoms. The van der Waals surface area contributed by atoms with E-state index < -0.39 is 0 Å². The van der Waals surface area contributed by atoms with Crippen molar-refractivity contribution in [3.05, 3.63) is 71.8 Å². The summed E-state index contributed by atoms with van der Waals surface area (Å²) in [6.45, 7) is 0.609. The normalized spacial score (nSPS) is 17.0. The lowest BCUT2D eigenvalue weighted by molar-refractivity contribution is -0.123. The van der Waals surface area contributed by atoms with Crippen LogP contribution in [0.2, 0.25) is 0 Å². The Morgan fingerprint density at radius 1 is 1.05 bits per heavy atom. The van der Waals surface area contributed by atoms with Crippen molar-refractivity contribution in [2.45, 2.75) is 23.1 Å². The van der Waals surface area contributed by atoms with Gasteiger partial charge in [0.2, 0.25) is 5.91 Å². The molecule has 1 aliphatic carbocycles. The van der Waals surface area contributed by atoms with E-state index in [0.29, 0.717) is 6.54 Å². The molecule has 0 saturated heterocycles. The summed E-state index contributed by atoms with van der Waals surface area (Å²) in [5, 5.41) is 3.10. The summed E-state index contributed by atoms with van der Waals surface area (Å²) in [6, 6.07) is 20.2. The summed E-state index contributed by atoms with van der Waals surface area (Å²) in [5.41, 5.74) is 2.03. The van der Waals surface area contributed by atoms with Gasteiger partial charge in [-0.1, -0.05) is 76.6 Å². The second kappa shape index (κ2) is 6.02. The zero-order chi connectivity index (χ0) is 14.7. The number of hydrogen-bond donors (Lipinski definition) is 1. The number of carbonyl (C=O) groups is 1. The van der Waals surface area contributed by atoms with Gasteiger partial charge in [0.05, 0.1) is 10.2 Å². The van der Waals surface area contributed by atoms with E-state index >= 15 is 0 Å². The SMILES string of the molecule is O=C(NCC(Br)c1ccccc1)C1(c2ccccc2)CC1. The quantitative estimate of drug-likeness (QED) is 0.817. The van der Waals surface area contributed by atoms with Gasteiger partial charge in [0, 0.05) is 6.54 Å². The Labute approximate surface area is 133 Å². The molecular weight excluding hydrogens is 326 g/mol. The molecule has 1 aliphatic rings. The van der Waals surface area contributed by atoms with E-state index in [2.05, 4.69) is 45.5 Å². The maximum Gasteiger partial charge on any atom is 0.230 e. The van der Waals surface area contributed by atoms with Gasteiger partial charge in [-0.3, -0.25) is 4.79 Å². The van der Waals surface area contributed by atoms with Crippen LogP contribution in [0.4, 0.5) is 0 Å². The molecule has 2 aromatic carbocycles. The highest BCUT2D eigenvalue weighted by Gasteiger charge is 2.50. The highest BCUT2D eigenvalue weighted by Crippen LogP contribution is 2.48. The Kier molecular flexibility index (Phi) is 4.11. The predicted molar refractivity (Wildman–Crippen MR) is 88.5 cm³/mol. The number of rotatable bonds is 5. The van der Waals surface area contributed by atoms with Gasteiger partial charge in [0.25, 0.3) is 0 Å². The van der Waals surface area contributed by atoms with Gasteiger partial charge in [0.15, 0.2) is 0 Å². The summed E-state index contributed by atoms with van der Waals surface area (Å²) in [5.74, 6) is 0.147. The van der Waals surface area contributed by atoms with Crippen molar-refractivity contribution in [2.75, 3.05) is 6.54 Å². The Bertz CT molecular complexity index is 608. The fourth-order valence-electron chi connectivity index (χ4n) is 2.66. The number of carbonyl (C=O) groups excluding carboxylic acids is 1. The van der Waals surface area contributed by atoms with Crippen molar-refractivity contribution in [1.82, 2.24) is 5.32 Å². The van der Waals surface area contributed by atoms with Gasteiger partial charge in [-0.25, -0.2) is 0 Å². The summed E-state index contributed by atoms with van der Waals surface area (Å²) >= 11 is 3.64. The number of hydrogen-bond acceptors (Lipinski definition) is 1. The van der Waals surface area contributed by atoms with Crippen molar-refractivity contribution in [3.8, 4) is 0 Å². The second-order valence-electron chi connectivity index (χ2n) is 5.54. The molecule has 3 rings (SSSR count). The van der Waals surface area contributed by atoms with E-state index in [-0.39, 0.29) is 16.1 Å². The first-order valence-electron chi connectivity index (χ1n) is 7.25. The van der Waals surface area contributed by atoms with Crippen molar-refractivity contribution < 1.29 is 4.79 Å². The van der Waals surface area contributed by atoms with Crippen LogP contribution in [0.25, 0.3) is 0 Å². The summed E-state index contributed by atoms with van der Waals surface area (Å²) < 4.78 is 0. The van der Waals surface area contributed by atoms with Crippen LogP contribution < -0.4 is 5.32 Å².